The molecule has 1 aromatic heterocycles. The Balaban J connectivity index is 1.83. The molecule has 1 aliphatic carbocycles. The third-order valence-electron chi connectivity index (χ3n) is 3.75. The van der Waals surface area contributed by atoms with Crippen molar-refractivity contribution in [1.82, 2.24) is 20.1 Å². The van der Waals surface area contributed by atoms with Gasteiger partial charge in [-0.05, 0) is 18.8 Å². The van der Waals surface area contributed by atoms with Gasteiger partial charge in [-0.3, -0.25) is 14.3 Å². The second-order valence-corrected chi connectivity index (χ2v) is 5.50. The second-order valence-electron chi connectivity index (χ2n) is 5.50. The number of aromatic nitrogens is 3. The molecule has 1 saturated carbocycles. The Morgan fingerprint density at radius 2 is 2.15 bits per heavy atom. The first-order valence-electron chi connectivity index (χ1n) is 6.82. The van der Waals surface area contributed by atoms with Crippen LogP contribution >= 0.6 is 0 Å². The standard InChI is InChI=1S/C13H20N4O3/c1-8-5-9(10(6-8)13(19)20)12(18)14-4-3-11-15-7-17(2)16-11/h7-10H,3-6H2,1-2H3,(H,14,18)(H,19,20)/t8?,9-,10+/m0/s1. The number of hydrogen-bond donors (Lipinski definition) is 2. The van der Waals surface area contributed by atoms with E-state index < -0.39 is 17.8 Å². The lowest BCUT2D eigenvalue weighted by atomic mass is 9.95. The van der Waals surface area contributed by atoms with Crippen molar-refractivity contribution < 1.29 is 14.7 Å². The summed E-state index contributed by atoms with van der Waals surface area (Å²) < 4.78 is 1.61. The van der Waals surface area contributed by atoms with Crippen LogP contribution in [0.1, 0.15) is 25.6 Å². The van der Waals surface area contributed by atoms with Crippen molar-refractivity contribution in [2.75, 3.05) is 6.54 Å². The van der Waals surface area contributed by atoms with Crippen molar-refractivity contribution in [2.45, 2.75) is 26.2 Å². The molecule has 20 heavy (non-hydrogen) atoms. The SMILES string of the molecule is CC1C[C@H](C(=O)NCCc2ncn(C)n2)[C@H](C(=O)O)C1. The van der Waals surface area contributed by atoms with Crippen molar-refractivity contribution in [3.05, 3.63) is 12.2 Å². The van der Waals surface area contributed by atoms with E-state index in [0.29, 0.717) is 31.6 Å². The zero-order valence-corrected chi connectivity index (χ0v) is 11.7. The zero-order chi connectivity index (χ0) is 14.7. The van der Waals surface area contributed by atoms with Crippen LogP contribution in [0.5, 0.6) is 0 Å². The molecule has 1 aromatic rings. The van der Waals surface area contributed by atoms with E-state index in [-0.39, 0.29) is 11.8 Å². The molecule has 1 aliphatic rings. The molecule has 2 rings (SSSR count). The van der Waals surface area contributed by atoms with E-state index in [0.717, 1.165) is 0 Å². The summed E-state index contributed by atoms with van der Waals surface area (Å²) in [4.78, 5) is 27.3. The summed E-state index contributed by atoms with van der Waals surface area (Å²) in [6, 6.07) is 0. The average molecular weight is 280 g/mol. The molecule has 1 fully saturated rings. The number of carbonyl (C=O) groups is 2. The van der Waals surface area contributed by atoms with E-state index in [1.54, 1.807) is 18.1 Å². The lowest BCUT2D eigenvalue weighted by Gasteiger charge is -2.15. The highest BCUT2D eigenvalue weighted by molar-refractivity contribution is 5.85. The molecule has 1 unspecified atom stereocenters. The van der Waals surface area contributed by atoms with Gasteiger partial charge in [-0.15, -0.1) is 0 Å². The summed E-state index contributed by atoms with van der Waals surface area (Å²) in [6.07, 6.45) is 3.38. The van der Waals surface area contributed by atoms with Crippen LogP contribution in [0.25, 0.3) is 0 Å². The van der Waals surface area contributed by atoms with Crippen molar-refractivity contribution in [3.63, 3.8) is 0 Å². The highest BCUT2D eigenvalue weighted by Gasteiger charge is 2.40. The number of hydrogen-bond acceptors (Lipinski definition) is 4. The van der Waals surface area contributed by atoms with Crippen LogP contribution in [0.2, 0.25) is 0 Å². The Morgan fingerprint density at radius 3 is 2.75 bits per heavy atom. The number of carbonyl (C=O) groups excluding carboxylic acids is 1. The summed E-state index contributed by atoms with van der Waals surface area (Å²) in [5.41, 5.74) is 0. The number of amides is 1. The Hall–Kier alpha value is -1.92. The van der Waals surface area contributed by atoms with Crippen LogP contribution in [0.15, 0.2) is 6.33 Å². The van der Waals surface area contributed by atoms with Crippen molar-refractivity contribution in [3.8, 4) is 0 Å². The fraction of sp³-hybridized carbons (Fsp3) is 0.692. The second kappa shape index (κ2) is 6.02. The van der Waals surface area contributed by atoms with E-state index >= 15 is 0 Å². The van der Waals surface area contributed by atoms with Crippen molar-refractivity contribution in [1.29, 1.82) is 0 Å². The summed E-state index contributed by atoms with van der Waals surface area (Å²) in [7, 11) is 1.78. The maximum atomic E-state index is 12.1. The molecule has 0 bridgehead atoms. The Kier molecular flexibility index (Phi) is 4.36. The predicted octanol–water partition coefficient (Wildman–Crippen LogP) is 0.221. The van der Waals surface area contributed by atoms with Gasteiger partial charge < -0.3 is 10.4 Å². The molecule has 7 heteroatoms. The molecule has 7 nitrogen and oxygen atoms in total. The van der Waals surface area contributed by atoms with Gasteiger partial charge in [0.1, 0.15) is 6.33 Å². The molecule has 110 valence electrons. The van der Waals surface area contributed by atoms with E-state index in [9.17, 15) is 9.59 Å². The van der Waals surface area contributed by atoms with Crippen LogP contribution in [0, 0.1) is 17.8 Å². The number of nitrogens with zero attached hydrogens (tertiary/aromatic N) is 3. The van der Waals surface area contributed by atoms with E-state index in [2.05, 4.69) is 15.4 Å². The highest BCUT2D eigenvalue weighted by Crippen LogP contribution is 2.36. The zero-order valence-electron chi connectivity index (χ0n) is 11.7. The van der Waals surface area contributed by atoms with E-state index in [1.165, 1.54) is 0 Å². The van der Waals surface area contributed by atoms with Gasteiger partial charge in [0.2, 0.25) is 5.91 Å². The lowest BCUT2D eigenvalue weighted by molar-refractivity contribution is -0.146. The van der Waals surface area contributed by atoms with Crippen LogP contribution in [0.3, 0.4) is 0 Å². The number of carboxylic acid groups (broad SMARTS) is 1. The predicted molar refractivity (Wildman–Crippen MR) is 70.7 cm³/mol. The third kappa shape index (κ3) is 3.34. The quantitative estimate of drug-likeness (QED) is 0.804. The molecular weight excluding hydrogens is 260 g/mol. The fourth-order valence-electron chi connectivity index (χ4n) is 2.78. The van der Waals surface area contributed by atoms with Gasteiger partial charge in [-0.2, -0.15) is 5.10 Å². The minimum atomic E-state index is -0.874. The first-order valence-corrected chi connectivity index (χ1v) is 6.82. The van der Waals surface area contributed by atoms with Gasteiger partial charge >= 0.3 is 5.97 Å². The lowest BCUT2D eigenvalue weighted by Crippen LogP contribution is -2.36. The Bertz CT molecular complexity index is 500. The molecule has 1 heterocycles. The topological polar surface area (TPSA) is 97.1 Å². The number of rotatable bonds is 5. The number of aliphatic carboxylic acids is 1. The molecule has 0 aromatic carbocycles. The van der Waals surface area contributed by atoms with Crippen LogP contribution in [-0.2, 0) is 23.1 Å². The summed E-state index contributed by atoms with van der Waals surface area (Å²) >= 11 is 0. The van der Waals surface area contributed by atoms with Crippen molar-refractivity contribution in [2.24, 2.45) is 24.8 Å². The molecule has 1 amide bonds. The van der Waals surface area contributed by atoms with Gasteiger partial charge in [-0.1, -0.05) is 6.92 Å². The minimum Gasteiger partial charge on any atom is -0.481 e. The largest absolute Gasteiger partial charge is 0.481 e. The summed E-state index contributed by atoms with van der Waals surface area (Å²) in [6.45, 7) is 2.42. The van der Waals surface area contributed by atoms with Gasteiger partial charge in [-0.25, -0.2) is 4.98 Å². The minimum absolute atomic E-state index is 0.169. The molecule has 0 spiro atoms. The normalized spacial score (nSPS) is 25.6. The molecule has 0 radical (unpaired) electrons. The maximum Gasteiger partial charge on any atom is 0.307 e. The average Bonchev–Trinajstić information content (AvgIpc) is 2.95. The van der Waals surface area contributed by atoms with Crippen LogP contribution in [0.4, 0.5) is 0 Å². The third-order valence-corrected chi connectivity index (χ3v) is 3.75. The smallest absolute Gasteiger partial charge is 0.307 e. The molecule has 0 aliphatic heterocycles. The van der Waals surface area contributed by atoms with Crippen LogP contribution < -0.4 is 5.32 Å². The first-order chi connectivity index (χ1) is 9.47. The number of aryl methyl sites for hydroxylation is 1. The Morgan fingerprint density at radius 1 is 1.45 bits per heavy atom. The highest BCUT2D eigenvalue weighted by atomic mass is 16.4. The Labute approximate surface area is 117 Å². The maximum absolute atomic E-state index is 12.1. The number of carboxylic acids is 1. The molecule has 3 atom stereocenters. The van der Waals surface area contributed by atoms with E-state index in [4.69, 9.17) is 5.11 Å². The van der Waals surface area contributed by atoms with Crippen LogP contribution in [-0.4, -0.2) is 38.3 Å². The summed E-state index contributed by atoms with van der Waals surface area (Å²) in [5.74, 6) is -1.07. The van der Waals surface area contributed by atoms with E-state index in [1.807, 2.05) is 6.92 Å². The first kappa shape index (κ1) is 14.5. The molecular formula is C13H20N4O3. The fourth-order valence-corrected chi connectivity index (χ4v) is 2.78. The van der Waals surface area contributed by atoms with Gasteiger partial charge in [0.25, 0.3) is 0 Å². The monoisotopic (exact) mass is 280 g/mol. The summed E-state index contributed by atoms with van der Waals surface area (Å²) in [5, 5.41) is 16.1. The van der Waals surface area contributed by atoms with Crippen molar-refractivity contribution >= 4 is 11.9 Å². The van der Waals surface area contributed by atoms with Gasteiger partial charge in [0.05, 0.1) is 11.8 Å². The molecule has 2 N–H and O–H groups in total. The van der Waals surface area contributed by atoms with Gasteiger partial charge in [0.15, 0.2) is 5.82 Å². The molecule has 0 saturated heterocycles. The number of nitrogens with one attached hydrogen (secondary N) is 1. The van der Waals surface area contributed by atoms with Gasteiger partial charge in [0, 0.05) is 20.0 Å².